The van der Waals surface area contributed by atoms with E-state index in [0.717, 1.165) is 11.1 Å². The van der Waals surface area contributed by atoms with E-state index < -0.39 is 5.60 Å². The summed E-state index contributed by atoms with van der Waals surface area (Å²) in [6, 6.07) is 13.2. The lowest BCUT2D eigenvalue weighted by Crippen LogP contribution is -2.23. The van der Waals surface area contributed by atoms with Gasteiger partial charge in [-0.3, -0.25) is 0 Å². The van der Waals surface area contributed by atoms with Crippen LogP contribution >= 0.6 is 15.9 Å². The van der Waals surface area contributed by atoms with E-state index in [-0.39, 0.29) is 0 Å². The van der Waals surface area contributed by atoms with Crippen molar-refractivity contribution in [1.82, 2.24) is 4.98 Å². The van der Waals surface area contributed by atoms with E-state index in [0.29, 0.717) is 4.60 Å². The van der Waals surface area contributed by atoms with Crippen LogP contribution in [0.25, 0.3) is 0 Å². The molecule has 0 saturated heterocycles. The number of pyridine rings is 1. The van der Waals surface area contributed by atoms with Gasteiger partial charge in [-0.05, 0) is 34.5 Å². The lowest BCUT2D eigenvalue weighted by molar-refractivity contribution is 0.101. The van der Waals surface area contributed by atoms with E-state index in [1.54, 1.807) is 13.1 Å². The van der Waals surface area contributed by atoms with E-state index in [2.05, 4.69) is 20.9 Å². The summed E-state index contributed by atoms with van der Waals surface area (Å²) in [4.78, 5) is 4.13. The second-order valence-electron chi connectivity index (χ2n) is 3.78. The zero-order chi connectivity index (χ0) is 11.6. The van der Waals surface area contributed by atoms with Crippen LogP contribution < -0.4 is 0 Å². The number of hydrogen-bond donors (Lipinski definition) is 1. The molecule has 0 spiro atoms. The number of aliphatic hydroxyl groups is 1. The predicted molar refractivity (Wildman–Crippen MR) is 67.1 cm³/mol. The van der Waals surface area contributed by atoms with Crippen LogP contribution in [0.1, 0.15) is 18.1 Å². The van der Waals surface area contributed by atoms with Gasteiger partial charge in [-0.15, -0.1) is 0 Å². The molecule has 1 N–H and O–H groups in total. The highest BCUT2D eigenvalue weighted by Gasteiger charge is 2.27. The summed E-state index contributed by atoms with van der Waals surface area (Å²) in [7, 11) is 0. The van der Waals surface area contributed by atoms with Gasteiger partial charge in [0.15, 0.2) is 0 Å². The summed E-state index contributed by atoms with van der Waals surface area (Å²) < 4.78 is 0.670. The fourth-order valence-corrected chi connectivity index (χ4v) is 2.30. The maximum atomic E-state index is 10.6. The second kappa shape index (κ2) is 4.36. The average Bonchev–Trinajstić information content (AvgIpc) is 2.30. The number of rotatable bonds is 2. The van der Waals surface area contributed by atoms with Crippen molar-refractivity contribution >= 4 is 15.9 Å². The Morgan fingerprint density at radius 1 is 1.12 bits per heavy atom. The minimum Gasteiger partial charge on any atom is -0.381 e. The van der Waals surface area contributed by atoms with Gasteiger partial charge in [0.1, 0.15) is 10.2 Å². The summed E-state index contributed by atoms with van der Waals surface area (Å²) in [5.41, 5.74) is 0.582. The first-order valence-corrected chi connectivity index (χ1v) is 5.80. The highest BCUT2D eigenvalue weighted by molar-refractivity contribution is 9.10. The summed E-state index contributed by atoms with van der Waals surface area (Å²) in [5.74, 6) is 0. The normalized spacial score (nSPS) is 14.4. The summed E-state index contributed by atoms with van der Waals surface area (Å²) in [5, 5.41) is 10.6. The van der Waals surface area contributed by atoms with Crippen LogP contribution in [0.4, 0.5) is 0 Å². The molecular weight excluding hydrogens is 266 g/mol. The molecule has 1 heterocycles. The zero-order valence-corrected chi connectivity index (χ0v) is 10.5. The van der Waals surface area contributed by atoms with Crippen molar-refractivity contribution in [2.75, 3.05) is 0 Å². The molecule has 0 aliphatic carbocycles. The minimum atomic E-state index is -1.03. The van der Waals surface area contributed by atoms with Crippen LogP contribution in [-0.4, -0.2) is 10.1 Å². The Morgan fingerprint density at radius 2 is 1.81 bits per heavy atom. The molecule has 1 aromatic carbocycles. The van der Waals surface area contributed by atoms with Gasteiger partial charge >= 0.3 is 0 Å². The Hall–Kier alpha value is -1.19. The van der Waals surface area contributed by atoms with E-state index in [1.165, 1.54) is 0 Å². The molecular formula is C13H12BrNO. The molecule has 3 heteroatoms. The molecule has 1 aromatic heterocycles. The topological polar surface area (TPSA) is 33.1 Å². The predicted octanol–water partition coefficient (Wildman–Crippen LogP) is 3.10. The Morgan fingerprint density at radius 3 is 2.44 bits per heavy atom. The molecule has 0 fully saturated rings. The van der Waals surface area contributed by atoms with Crippen molar-refractivity contribution < 1.29 is 5.11 Å². The molecule has 0 radical (unpaired) electrons. The van der Waals surface area contributed by atoms with Crippen molar-refractivity contribution in [2.45, 2.75) is 12.5 Å². The third-order valence-corrected chi connectivity index (χ3v) is 3.25. The maximum Gasteiger partial charge on any atom is 0.114 e. The Bertz CT molecular complexity index is 482. The Balaban J connectivity index is 2.51. The lowest BCUT2D eigenvalue weighted by Gasteiger charge is -2.25. The Kier molecular flexibility index (Phi) is 3.08. The van der Waals surface area contributed by atoms with Crippen molar-refractivity contribution in [3.8, 4) is 0 Å². The van der Waals surface area contributed by atoms with Gasteiger partial charge in [-0.25, -0.2) is 4.98 Å². The van der Waals surface area contributed by atoms with Gasteiger partial charge in [0.25, 0.3) is 0 Å². The average molecular weight is 278 g/mol. The minimum absolute atomic E-state index is 0.670. The van der Waals surface area contributed by atoms with Crippen molar-refractivity contribution in [3.63, 3.8) is 0 Å². The number of benzene rings is 1. The van der Waals surface area contributed by atoms with Crippen molar-refractivity contribution in [3.05, 3.63) is 64.4 Å². The first-order valence-electron chi connectivity index (χ1n) is 5.01. The van der Waals surface area contributed by atoms with E-state index in [9.17, 15) is 5.11 Å². The number of halogens is 1. The zero-order valence-electron chi connectivity index (χ0n) is 8.89. The van der Waals surface area contributed by atoms with E-state index in [4.69, 9.17) is 0 Å². The molecule has 2 rings (SSSR count). The van der Waals surface area contributed by atoms with Gasteiger partial charge in [-0.1, -0.05) is 36.4 Å². The summed E-state index contributed by atoms with van der Waals surface area (Å²) in [6.07, 6.45) is 1.69. The van der Waals surface area contributed by atoms with Crippen LogP contribution in [0, 0.1) is 0 Å². The van der Waals surface area contributed by atoms with Gasteiger partial charge in [0.05, 0.1) is 0 Å². The molecule has 2 nitrogen and oxygen atoms in total. The van der Waals surface area contributed by atoms with Gasteiger partial charge in [0, 0.05) is 11.8 Å². The fourth-order valence-electron chi connectivity index (χ4n) is 1.67. The summed E-state index contributed by atoms with van der Waals surface area (Å²) in [6.45, 7) is 1.77. The third-order valence-electron chi connectivity index (χ3n) is 2.62. The summed E-state index contributed by atoms with van der Waals surface area (Å²) >= 11 is 3.36. The molecule has 1 atom stereocenters. The fraction of sp³-hybridized carbons (Fsp3) is 0.154. The van der Waals surface area contributed by atoms with Crippen LogP contribution in [-0.2, 0) is 5.60 Å². The molecule has 82 valence electrons. The number of aromatic nitrogens is 1. The molecule has 2 aromatic rings. The van der Waals surface area contributed by atoms with E-state index >= 15 is 0 Å². The largest absolute Gasteiger partial charge is 0.381 e. The standard InChI is InChI=1S/C13H12BrNO/c1-13(16,10-6-3-2-4-7-10)11-8-5-9-15-12(11)14/h2-9,16H,1H3. The maximum absolute atomic E-state index is 10.6. The molecule has 0 aliphatic rings. The molecule has 0 bridgehead atoms. The second-order valence-corrected chi connectivity index (χ2v) is 4.53. The van der Waals surface area contributed by atoms with Gasteiger partial charge in [-0.2, -0.15) is 0 Å². The molecule has 0 saturated carbocycles. The third kappa shape index (κ3) is 2.01. The smallest absolute Gasteiger partial charge is 0.114 e. The molecule has 0 aliphatic heterocycles. The number of nitrogens with zero attached hydrogens (tertiary/aromatic N) is 1. The molecule has 16 heavy (non-hydrogen) atoms. The van der Waals surface area contributed by atoms with Crippen LogP contribution in [0.3, 0.4) is 0 Å². The SMILES string of the molecule is CC(O)(c1ccccc1)c1cccnc1Br. The lowest BCUT2D eigenvalue weighted by atomic mass is 9.89. The first kappa shape index (κ1) is 11.3. The van der Waals surface area contributed by atoms with Crippen LogP contribution in [0.2, 0.25) is 0 Å². The van der Waals surface area contributed by atoms with Crippen LogP contribution in [0.5, 0.6) is 0 Å². The highest BCUT2D eigenvalue weighted by atomic mass is 79.9. The van der Waals surface area contributed by atoms with Crippen molar-refractivity contribution in [1.29, 1.82) is 0 Å². The first-order chi connectivity index (χ1) is 7.62. The van der Waals surface area contributed by atoms with E-state index in [1.807, 2.05) is 42.5 Å². The highest BCUT2D eigenvalue weighted by Crippen LogP contribution is 2.32. The number of hydrogen-bond acceptors (Lipinski definition) is 2. The van der Waals surface area contributed by atoms with Gasteiger partial charge < -0.3 is 5.11 Å². The van der Waals surface area contributed by atoms with Gasteiger partial charge in [0.2, 0.25) is 0 Å². The molecule has 1 unspecified atom stereocenters. The van der Waals surface area contributed by atoms with Crippen LogP contribution in [0.15, 0.2) is 53.3 Å². The van der Waals surface area contributed by atoms with Crippen molar-refractivity contribution in [2.24, 2.45) is 0 Å². The monoisotopic (exact) mass is 277 g/mol. The molecule has 0 amide bonds. The Labute approximate surface area is 103 Å². The quantitative estimate of drug-likeness (QED) is 0.856.